The van der Waals surface area contributed by atoms with Crippen LogP contribution >= 0.6 is 0 Å². The minimum Gasteiger partial charge on any atom is -0.496 e. The number of hydrogen-bond acceptors (Lipinski definition) is 3. The summed E-state index contributed by atoms with van der Waals surface area (Å²) in [5.41, 5.74) is 2.00. The molecule has 0 aliphatic carbocycles. The van der Waals surface area contributed by atoms with Crippen LogP contribution in [-0.2, 0) is 16.1 Å². The van der Waals surface area contributed by atoms with E-state index in [2.05, 4.69) is 5.32 Å². The van der Waals surface area contributed by atoms with Crippen molar-refractivity contribution in [3.8, 4) is 5.75 Å². The number of benzene rings is 2. The van der Waals surface area contributed by atoms with Crippen LogP contribution in [0.5, 0.6) is 5.75 Å². The summed E-state index contributed by atoms with van der Waals surface area (Å²) in [5, 5.41) is 3.02. The Kier molecular flexibility index (Phi) is 5.56. The molecular weight excluding hydrogens is 328 g/mol. The Hall–Kier alpha value is -2.82. The lowest BCUT2D eigenvalue weighted by molar-refractivity contribution is -0.129. The van der Waals surface area contributed by atoms with Crippen LogP contribution in [0.3, 0.4) is 0 Å². The van der Waals surface area contributed by atoms with Crippen LogP contribution in [0.2, 0.25) is 0 Å². The van der Waals surface area contributed by atoms with Gasteiger partial charge in [-0.25, -0.2) is 0 Å². The van der Waals surface area contributed by atoms with E-state index in [4.69, 9.17) is 4.74 Å². The first kappa shape index (κ1) is 18.0. The number of nitrogens with zero attached hydrogens (tertiary/aromatic N) is 1. The highest BCUT2D eigenvalue weighted by Gasteiger charge is 2.35. The smallest absolute Gasteiger partial charge is 0.225 e. The highest BCUT2D eigenvalue weighted by atomic mass is 16.5. The fourth-order valence-electron chi connectivity index (χ4n) is 3.30. The minimum atomic E-state index is -0.316. The van der Waals surface area contributed by atoms with Gasteiger partial charge < -0.3 is 15.0 Å². The Bertz CT molecular complexity index is 776. The number of ether oxygens (including phenoxy) is 1. The van der Waals surface area contributed by atoms with Gasteiger partial charge in [-0.2, -0.15) is 0 Å². The molecule has 2 aromatic carbocycles. The summed E-state index contributed by atoms with van der Waals surface area (Å²) in [6.07, 6.45) is 0.252. The van der Waals surface area contributed by atoms with E-state index in [1.807, 2.05) is 61.5 Å². The molecule has 0 bridgehead atoms. The van der Waals surface area contributed by atoms with Crippen molar-refractivity contribution < 1.29 is 14.3 Å². The number of para-hydroxylation sites is 1. The van der Waals surface area contributed by atoms with Crippen LogP contribution in [0.15, 0.2) is 54.6 Å². The molecule has 136 valence electrons. The van der Waals surface area contributed by atoms with Gasteiger partial charge in [0.25, 0.3) is 0 Å². The first-order valence-corrected chi connectivity index (χ1v) is 8.83. The second kappa shape index (κ2) is 8.04. The molecule has 3 rings (SSSR count). The fraction of sp³-hybridized carbons (Fsp3) is 0.333. The Morgan fingerprint density at radius 1 is 1.19 bits per heavy atom. The number of carbonyl (C=O) groups excluding carboxylic acids is 2. The van der Waals surface area contributed by atoms with Crippen molar-refractivity contribution in [2.45, 2.75) is 25.9 Å². The van der Waals surface area contributed by atoms with Crippen LogP contribution in [0.1, 0.15) is 30.5 Å². The van der Waals surface area contributed by atoms with Crippen LogP contribution in [0.25, 0.3) is 0 Å². The number of amides is 2. The molecule has 2 aromatic rings. The topological polar surface area (TPSA) is 58.6 Å². The fourth-order valence-corrected chi connectivity index (χ4v) is 3.30. The second-order valence-corrected chi connectivity index (χ2v) is 6.63. The number of nitrogens with one attached hydrogen (secondary N) is 1. The van der Waals surface area contributed by atoms with E-state index in [0.717, 1.165) is 16.9 Å². The summed E-state index contributed by atoms with van der Waals surface area (Å²) >= 11 is 0. The monoisotopic (exact) mass is 352 g/mol. The van der Waals surface area contributed by atoms with Crippen molar-refractivity contribution in [3.05, 3.63) is 65.7 Å². The first-order valence-electron chi connectivity index (χ1n) is 8.83. The van der Waals surface area contributed by atoms with Gasteiger partial charge in [-0.1, -0.05) is 48.5 Å². The van der Waals surface area contributed by atoms with Crippen LogP contribution in [0, 0.1) is 5.92 Å². The van der Waals surface area contributed by atoms with E-state index >= 15 is 0 Å². The van der Waals surface area contributed by atoms with Gasteiger partial charge in [0.2, 0.25) is 11.8 Å². The molecule has 2 amide bonds. The third-order valence-corrected chi connectivity index (χ3v) is 4.80. The normalized spacial score (nSPS) is 17.8. The lowest BCUT2D eigenvalue weighted by Crippen LogP contribution is -2.34. The maximum absolute atomic E-state index is 12.6. The number of likely N-dealkylation sites (tertiary alicyclic amines) is 1. The predicted molar refractivity (Wildman–Crippen MR) is 99.5 cm³/mol. The van der Waals surface area contributed by atoms with Crippen molar-refractivity contribution >= 4 is 11.8 Å². The molecule has 1 heterocycles. The van der Waals surface area contributed by atoms with Gasteiger partial charge in [0.05, 0.1) is 19.1 Å². The van der Waals surface area contributed by atoms with E-state index < -0.39 is 0 Å². The zero-order chi connectivity index (χ0) is 18.5. The molecule has 2 unspecified atom stereocenters. The highest BCUT2D eigenvalue weighted by Crippen LogP contribution is 2.25. The standard InChI is InChI=1S/C21H24N2O3/c1-15(16-8-4-3-5-9-16)22-21(25)18-12-20(24)23(14-18)13-17-10-6-7-11-19(17)26-2/h3-11,15,18H,12-14H2,1-2H3,(H,22,25). The van der Waals surface area contributed by atoms with Gasteiger partial charge in [-0.3, -0.25) is 9.59 Å². The van der Waals surface area contributed by atoms with Gasteiger partial charge >= 0.3 is 0 Å². The lowest BCUT2D eigenvalue weighted by atomic mass is 10.1. The third-order valence-electron chi connectivity index (χ3n) is 4.80. The van der Waals surface area contributed by atoms with Crippen molar-refractivity contribution in [2.75, 3.05) is 13.7 Å². The van der Waals surface area contributed by atoms with Crippen molar-refractivity contribution in [1.82, 2.24) is 10.2 Å². The summed E-state index contributed by atoms with van der Waals surface area (Å²) < 4.78 is 5.35. The van der Waals surface area contributed by atoms with Gasteiger partial charge in [0, 0.05) is 25.1 Å². The molecule has 1 fully saturated rings. The molecule has 1 aliphatic heterocycles. The lowest BCUT2D eigenvalue weighted by Gasteiger charge is -2.19. The van der Waals surface area contributed by atoms with E-state index in [1.54, 1.807) is 12.0 Å². The number of rotatable bonds is 6. The van der Waals surface area contributed by atoms with Crippen LogP contribution in [0.4, 0.5) is 0 Å². The number of hydrogen-bond donors (Lipinski definition) is 1. The molecule has 1 aliphatic rings. The number of methoxy groups -OCH3 is 1. The quantitative estimate of drug-likeness (QED) is 0.870. The molecule has 0 aromatic heterocycles. The molecule has 26 heavy (non-hydrogen) atoms. The van der Waals surface area contributed by atoms with E-state index in [0.29, 0.717) is 13.1 Å². The Labute approximate surface area is 154 Å². The SMILES string of the molecule is COc1ccccc1CN1CC(C(=O)NC(C)c2ccccc2)CC1=O. The first-order chi connectivity index (χ1) is 12.6. The van der Waals surface area contributed by atoms with Crippen LogP contribution < -0.4 is 10.1 Å². The molecule has 2 atom stereocenters. The van der Waals surface area contributed by atoms with E-state index in [1.165, 1.54) is 0 Å². The summed E-state index contributed by atoms with van der Waals surface area (Å²) in [5.74, 6) is 0.370. The van der Waals surface area contributed by atoms with Crippen molar-refractivity contribution in [3.63, 3.8) is 0 Å². The molecule has 1 saturated heterocycles. The molecule has 5 heteroatoms. The summed E-state index contributed by atoms with van der Waals surface area (Å²) in [7, 11) is 1.62. The van der Waals surface area contributed by atoms with Crippen LogP contribution in [-0.4, -0.2) is 30.4 Å². The van der Waals surface area contributed by atoms with Crippen molar-refractivity contribution in [1.29, 1.82) is 0 Å². The maximum atomic E-state index is 12.6. The zero-order valence-corrected chi connectivity index (χ0v) is 15.1. The number of carbonyl (C=O) groups is 2. The van der Waals surface area contributed by atoms with E-state index in [-0.39, 0.29) is 30.2 Å². The largest absolute Gasteiger partial charge is 0.496 e. The van der Waals surface area contributed by atoms with Gasteiger partial charge in [0.1, 0.15) is 5.75 Å². The molecule has 0 saturated carbocycles. The molecule has 0 radical (unpaired) electrons. The molecular formula is C21H24N2O3. The minimum absolute atomic E-state index is 0.00317. The second-order valence-electron chi connectivity index (χ2n) is 6.63. The highest BCUT2D eigenvalue weighted by molar-refractivity contribution is 5.89. The predicted octanol–water partition coefficient (Wildman–Crippen LogP) is 2.92. The Morgan fingerprint density at radius 3 is 2.62 bits per heavy atom. The van der Waals surface area contributed by atoms with Gasteiger partial charge in [-0.15, -0.1) is 0 Å². The molecule has 5 nitrogen and oxygen atoms in total. The van der Waals surface area contributed by atoms with Gasteiger partial charge in [0.15, 0.2) is 0 Å². The Balaban J connectivity index is 1.61. The average molecular weight is 352 g/mol. The summed E-state index contributed by atoms with van der Waals surface area (Å²) in [6, 6.07) is 17.4. The Morgan fingerprint density at radius 2 is 1.88 bits per heavy atom. The molecule has 0 spiro atoms. The average Bonchev–Trinajstić information content (AvgIpc) is 3.03. The third kappa shape index (κ3) is 4.04. The molecule has 1 N–H and O–H groups in total. The summed E-state index contributed by atoms with van der Waals surface area (Å²) in [4.78, 5) is 26.7. The van der Waals surface area contributed by atoms with Gasteiger partial charge in [-0.05, 0) is 18.6 Å². The summed E-state index contributed by atoms with van der Waals surface area (Å²) in [6.45, 7) is 2.85. The zero-order valence-electron chi connectivity index (χ0n) is 15.1. The van der Waals surface area contributed by atoms with E-state index in [9.17, 15) is 9.59 Å². The maximum Gasteiger partial charge on any atom is 0.225 e. The van der Waals surface area contributed by atoms with Crippen molar-refractivity contribution in [2.24, 2.45) is 5.92 Å².